The van der Waals surface area contributed by atoms with Gasteiger partial charge in [-0.2, -0.15) is 0 Å². The average Bonchev–Trinajstić information content (AvgIpc) is 2.71. The largest absolute Gasteiger partial charge is 0.506 e. The van der Waals surface area contributed by atoms with Crippen LogP contribution in [0.4, 0.5) is 0 Å². The van der Waals surface area contributed by atoms with Crippen LogP contribution >= 0.6 is 24.0 Å². The van der Waals surface area contributed by atoms with Crippen LogP contribution in [0.15, 0.2) is 63.8 Å². The highest BCUT2D eigenvalue weighted by molar-refractivity contribution is 6.32. The molecule has 1 fully saturated rings. The number of phenolic OH excluding ortho intramolecular Hbond substituents is 1. The van der Waals surface area contributed by atoms with Crippen molar-refractivity contribution >= 4 is 41.1 Å². The first kappa shape index (κ1) is 22.4. The normalized spacial score (nSPS) is 15.5. The summed E-state index contributed by atoms with van der Waals surface area (Å²) in [4.78, 5) is 16.7. The number of rotatable bonds is 5. The first-order valence-corrected chi connectivity index (χ1v) is 10.1. The fourth-order valence-corrected chi connectivity index (χ4v) is 3.80. The summed E-state index contributed by atoms with van der Waals surface area (Å²) in [6.07, 6.45) is 4.36. The molecule has 1 N–H and O–H groups in total. The monoisotopic (exact) mass is 446 g/mol. The Morgan fingerprint density at radius 1 is 1.03 bits per heavy atom. The van der Waals surface area contributed by atoms with Crippen LogP contribution in [0.3, 0.4) is 0 Å². The predicted molar refractivity (Wildman–Crippen MR) is 124 cm³/mol. The van der Waals surface area contributed by atoms with Gasteiger partial charge in [0.15, 0.2) is 0 Å². The maximum Gasteiger partial charge on any atom is 0.336 e. The van der Waals surface area contributed by atoms with E-state index in [-0.39, 0.29) is 23.2 Å². The zero-order chi connectivity index (χ0) is 20.2. The van der Waals surface area contributed by atoms with Crippen LogP contribution in [0.25, 0.3) is 17.0 Å². The van der Waals surface area contributed by atoms with Gasteiger partial charge in [-0.15, -0.1) is 12.4 Å². The number of piperazine rings is 1. The van der Waals surface area contributed by atoms with Crippen LogP contribution in [0, 0.1) is 0 Å². The summed E-state index contributed by atoms with van der Waals surface area (Å²) in [6, 6.07) is 14.9. The van der Waals surface area contributed by atoms with Crippen LogP contribution in [0.5, 0.6) is 5.75 Å². The lowest BCUT2D eigenvalue weighted by Gasteiger charge is -2.34. The van der Waals surface area contributed by atoms with Gasteiger partial charge in [-0.25, -0.2) is 4.79 Å². The Kier molecular flexibility index (Phi) is 7.56. The molecule has 0 unspecified atom stereocenters. The summed E-state index contributed by atoms with van der Waals surface area (Å²) < 4.78 is 5.22. The smallest absolute Gasteiger partial charge is 0.336 e. The van der Waals surface area contributed by atoms with Gasteiger partial charge >= 0.3 is 5.63 Å². The van der Waals surface area contributed by atoms with E-state index in [2.05, 4.69) is 34.1 Å². The van der Waals surface area contributed by atoms with Crippen LogP contribution < -0.4 is 5.63 Å². The van der Waals surface area contributed by atoms with Gasteiger partial charge in [-0.1, -0.05) is 54.1 Å². The van der Waals surface area contributed by atoms with Crippen molar-refractivity contribution in [1.29, 1.82) is 0 Å². The number of fused-ring (bicyclic) bond motifs is 1. The van der Waals surface area contributed by atoms with Gasteiger partial charge in [0.05, 0.1) is 5.02 Å². The summed E-state index contributed by atoms with van der Waals surface area (Å²) >= 11 is 6.06. The highest BCUT2D eigenvalue weighted by Gasteiger charge is 2.18. The fourth-order valence-electron chi connectivity index (χ4n) is 3.64. The molecule has 158 valence electrons. The first-order valence-electron chi connectivity index (χ1n) is 9.70. The van der Waals surface area contributed by atoms with E-state index >= 15 is 0 Å². The summed E-state index contributed by atoms with van der Waals surface area (Å²) in [7, 11) is 0. The molecule has 5 nitrogen and oxygen atoms in total. The van der Waals surface area contributed by atoms with Crippen LogP contribution in [0.1, 0.15) is 11.1 Å². The van der Waals surface area contributed by atoms with Crippen molar-refractivity contribution in [3.05, 3.63) is 81.2 Å². The second kappa shape index (κ2) is 10.1. The lowest BCUT2D eigenvalue weighted by Crippen LogP contribution is -2.45. The van der Waals surface area contributed by atoms with Crippen LogP contribution in [-0.4, -0.2) is 47.6 Å². The minimum Gasteiger partial charge on any atom is -0.506 e. The summed E-state index contributed by atoms with van der Waals surface area (Å²) in [5, 5.41) is 10.8. The molecule has 0 amide bonds. The highest BCUT2D eigenvalue weighted by Crippen LogP contribution is 2.30. The standard InChI is InChI=1S/C23H23ClN2O3.ClH/c24-20-14-19-18(13-23(28)29-22(19)15-21(20)27)16-26-11-9-25(10-12-26)8-4-7-17-5-2-1-3-6-17;/h1-7,13-15,27H,8-12,16H2;1H. The zero-order valence-corrected chi connectivity index (χ0v) is 18.0. The maximum absolute atomic E-state index is 11.9. The lowest BCUT2D eigenvalue weighted by molar-refractivity contribution is 0.137. The molecule has 0 bridgehead atoms. The van der Waals surface area contributed by atoms with E-state index in [1.807, 2.05) is 18.2 Å². The number of phenols is 1. The van der Waals surface area contributed by atoms with Crippen molar-refractivity contribution < 1.29 is 9.52 Å². The van der Waals surface area contributed by atoms with Gasteiger partial charge in [-0.05, 0) is 17.2 Å². The van der Waals surface area contributed by atoms with Gasteiger partial charge in [-0.3, -0.25) is 9.80 Å². The molecule has 1 aromatic heterocycles. The maximum atomic E-state index is 11.9. The predicted octanol–water partition coefficient (Wildman–Crippen LogP) is 4.40. The van der Waals surface area contributed by atoms with Gasteiger partial charge in [0.2, 0.25) is 0 Å². The molecule has 3 aromatic rings. The summed E-state index contributed by atoms with van der Waals surface area (Å²) in [5.74, 6) is -0.0864. The molecule has 0 atom stereocenters. The molecular formula is C23H24Cl2N2O3. The topological polar surface area (TPSA) is 56.9 Å². The average molecular weight is 447 g/mol. The third-order valence-corrected chi connectivity index (χ3v) is 5.53. The third-order valence-electron chi connectivity index (χ3n) is 5.23. The molecule has 0 saturated carbocycles. The minimum absolute atomic E-state index is 0. The Hall–Kier alpha value is -2.31. The zero-order valence-electron chi connectivity index (χ0n) is 16.5. The van der Waals surface area contributed by atoms with E-state index < -0.39 is 5.63 Å². The minimum atomic E-state index is -0.418. The molecule has 7 heteroatoms. The number of benzene rings is 2. The highest BCUT2D eigenvalue weighted by atomic mass is 35.5. The van der Waals surface area contributed by atoms with Crippen molar-refractivity contribution in [2.45, 2.75) is 6.54 Å². The van der Waals surface area contributed by atoms with Gasteiger partial charge in [0.1, 0.15) is 11.3 Å². The number of hydrogen-bond acceptors (Lipinski definition) is 5. The van der Waals surface area contributed by atoms with Crippen molar-refractivity contribution in [3.63, 3.8) is 0 Å². The molecule has 1 aliphatic rings. The van der Waals surface area contributed by atoms with Crippen LogP contribution in [-0.2, 0) is 6.54 Å². The fraction of sp³-hybridized carbons (Fsp3) is 0.261. The molecule has 1 saturated heterocycles. The molecule has 0 radical (unpaired) electrons. The van der Waals surface area contributed by atoms with Crippen molar-refractivity contribution in [2.24, 2.45) is 0 Å². The van der Waals surface area contributed by atoms with E-state index in [0.717, 1.165) is 43.7 Å². The summed E-state index contributed by atoms with van der Waals surface area (Å²) in [5.41, 5.74) is 2.03. The lowest BCUT2D eigenvalue weighted by atomic mass is 10.1. The quantitative estimate of drug-likeness (QED) is 0.588. The Morgan fingerprint density at radius 3 is 2.47 bits per heavy atom. The summed E-state index contributed by atoms with van der Waals surface area (Å²) in [6.45, 7) is 5.37. The molecule has 30 heavy (non-hydrogen) atoms. The van der Waals surface area contributed by atoms with Crippen molar-refractivity contribution in [3.8, 4) is 5.75 Å². The molecule has 0 spiro atoms. The number of hydrogen-bond donors (Lipinski definition) is 1. The van der Waals surface area contributed by atoms with Gasteiger partial charge < -0.3 is 9.52 Å². The van der Waals surface area contributed by atoms with Crippen molar-refractivity contribution in [1.82, 2.24) is 9.80 Å². The Balaban J connectivity index is 0.00000256. The molecule has 1 aliphatic heterocycles. The number of halogens is 2. The molecule has 4 rings (SSSR count). The number of aromatic hydroxyl groups is 1. The molecule has 0 aliphatic carbocycles. The second-order valence-corrected chi connectivity index (χ2v) is 7.69. The SMILES string of the molecule is Cl.O=c1cc(CN2CCN(CC=Cc3ccccc3)CC2)c2cc(Cl)c(O)cc2o1. The van der Waals surface area contributed by atoms with E-state index in [9.17, 15) is 9.90 Å². The second-order valence-electron chi connectivity index (χ2n) is 7.28. The number of nitrogens with zero attached hydrogens (tertiary/aromatic N) is 2. The van der Waals surface area contributed by atoms with Crippen molar-refractivity contribution in [2.75, 3.05) is 32.7 Å². The Morgan fingerprint density at radius 2 is 1.73 bits per heavy atom. The van der Waals surface area contributed by atoms with E-state index in [0.29, 0.717) is 12.1 Å². The van der Waals surface area contributed by atoms with E-state index in [1.54, 1.807) is 6.07 Å². The molecule has 2 aromatic carbocycles. The van der Waals surface area contributed by atoms with Crippen LogP contribution in [0.2, 0.25) is 5.02 Å². The van der Waals surface area contributed by atoms with E-state index in [1.165, 1.54) is 17.7 Å². The van der Waals surface area contributed by atoms with Gasteiger partial charge in [0, 0.05) is 56.8 Å². The Labute approximate surface area is 186 Å². The van der Waals surface area contributed by atoms with Gasteiger partial charge in [0.25, 0.3) is 0 Å². The Bertz CT molecular complexity index is 1070. The van der Waals surface area contributed by atoms with E-state index in [4.69, 9.17) is 16.0 Å². The third kappa shape index (κ3) is 5.43. The molecular weight excluding hydrogens is 423 g/mol. The molecule has 2 heterocycles. The first-order chi connectivity index (χ1) is 14.1.